The zero-order valence-electron chi connectivity index (χ0n) is 14.4. The number of carbonyl (C=O) groups is 2. The van der Waals surface area contributed by atoms with Crippen LogP contribution in [0.3, 0.4) is 0 Å². The highest BCUT2D eigenvalue weighted by molar-refractivity contribution is 6.31. The SMILES string of the molecule is Cc1ccc(Cl)cc1NC(=O)C(C)OC(=O)c1cccc([N+](=O)[O-])c1C. The van der Waals surface area contributed by atoms with Crippen LogP contribution in [0.4, 0.5) is 11.4 Å². The third-order valence-corrected chi connectivity index (χ3v) is 4.07. The number of anilines is 1. The molecule has 0 aliphatic heterocycles. The molecule has 7 nitrogen and oxygen atoms in total. The maximum Gasteiger partial charge on any atom is 0.339 e. The summed E-state index contributed by atoms with van der Waals surface area (Å²) in [6.45, 7) is 4.67. The number of halogens is 1. The van der Waals surface area contributed by atoms with E-state index in [-0.39, 0.29) is 16.8 Å². The molecule has 2 aromatic carbocycles. The van der Waals surface area contributed by atoms with Gasteiger partial charge < -0.3 is 10.1 Å². The molecule has 0 aliphatic rings. The second-order valence-corrected chi connectivity index (χ2v) is 6.14. The Bertz CT molecular complexity index is 882. The zero-order valence-corrected chi connectivity index (χ0v) is 15.2. The van der Waals surface area contributed by atoms with E-state index in [1.54, 1.807) is 25.1 Å². The van der Waals surface area contributed by atoms with Gasteiger partial charge in [0.2, 0.25) is 0 Å². The molecule has 0 spiro atoms. The molecule has 2 rings (SSSR count). The summed E-state index contributed by atoms with van der Waals surface area (Å²) in [5.41, 5.74) is 1.34. The predicted molar refractivity (Wildman–Crippen MR) is 97.5 cm³/mol. The number of hydrogen-bond donors (Lipinski definition) is 1. The van der Waals surface area contributed by atoms with Crippen molar-refractivity contribution < 1.29 is 19.2 Å². The minimum absolute atomic E-state index is 0.0396. The lowest BCUT2D eigenvalue weighted by Crippen LogP contribution is -2.30. The third-order valence-electron chi connectivity index (χ3n) is 3.83. The first kappa shape index (κ1) is 19.4. The van der Waals surface area contributed by atoms with Crippen molar-refractivity contribution in [3.63, 3.8) is 0 Å². The van der Waals surface area contributed by atoms with Gasteiger partial charge in [0.05, 0.1) is 10.5 Å². The number of benzene rings is 2. The Morgan fingerprint density at radius 2 is 1.92 bits per heavy atom. The van der Waals surface area contributed by atoms with Gasteiger partial charge in [-0.25, -0.2) is 4.79 Å². The van der Waals surface area contributed by atoms with Gasteiger partial charge >= 0.3 is 5.97 Å². The number of ether oxygens (including phenoxy) is 1. The van der Waals surface area contributed by atoms with Gasteiger partial charge in [-0.05, 0) is 44.5 Å². The number of rotatable bonds is 5. The Labute approximate surface area is 155 Å². The first-order valence-electron chi connectivity index (χ1n) is 7.72. The van der Waals surface area contributed by atoms with Gasteiger partial charge in [-0.1, -0.05) is 23.7 Å². The third kappa shape index (κ3) is 4.37. The number of nitro groups is 1. The molecular formula is C18H17ClN2O5. The quantitative estimate of drug-likeness (QED) is 0.482. The Morgan fingerprint density at radius 3 is 2.58 bits per heavy atom. The second-order valence-electron chi connectivity index (χ2n) is 5.70. The molecule has 1 N–H and O–H groups in total. The summed E-state index contributed by atoms with van der Waals surface area (Å²) in [5.74, 6) is -1.34. The van der Waals surface area contributed by atoms with Crippen LogP contribution < -0.4 is 5.32 Å². The molecule has 0 aromatic heterocycles. The molecular weight excluding hydrogens is 360 g/mol. The Hall–Kier alpha value is -2.93. The smallest absolute Gasteiger partial charge is 0.339 e. The minimum Gasteiger partial charge on any atom is -0.449 e. The molecule has 8 heteroatoms. The van der Waals surface area contributed by atoms with Gasteiger partial charge in [0, 0.05) is 22.3 Å². The minimum atomic E-state index is -1.10. The Morgan fingerprint density at radius 1 is 1.23 bits per heavy atom. The molecule has 2 aromatic rings. The van der Waals surface area contributed by atoms with E-state index in [1.165, 1.54) is 32.0 Å². The standard InChI is InChI=1S/C18H17ClN2O5/c1-10-7-8-13(19)9-15(10)20-17(22)12(3)26-18(23)14-5-4-6-16(11(14)2)21(24)25/h4-9,12H,1-3H3,(H,20,22). The normalized spacial score (nSPS) is 11.5. The van der Waals surface area contributed by atoms with Gasteiger partial charge in [0.1, 0.15) is 0 Å². The highest BCUT2D eigenvalue weighted by atomic mass is 35.5. The molecule has 1 atom stereocenters. The van der Waals surface area contributed by atoms with E-state index in [0.717, 1.165) is 5.56 Å². The number of hydrogen-bond acceptors (Lipinski definition) is 5. The fraction of sp³-hybridized carbons (Fsp3) is 0.222. The summed E-state index contributed by atoms with van der Waals surface area (Å²) >= 11 is 5.91. The molecule has 26 heavy (non-hydrogen) atoms. The van der Waals surface area contributed by atoms with Gasteiger partial charge in [-0.3, -0.25) is 14.9 Å². The average molecular weight is 377 g/mol. The van der Waals surface area contributed by atoms with Crippen molar-refractivity contribution in [1.29, 1.82) is 0 Å². The maximum absolute atomic E-state index is 12.3. The molecule has 136 valence electrons. The molecule has 1 amide bonds. The van der Waals surface area contributed by atoms with Crippen LogP contribution in [-0.2, 0) is 9.53 Å². The van der Waals surface area contributed by atoms with Crippen LogP contribution in [0.1, 0.15) is 28.4 Å². The molecule has 0 radical (unpaired) electrons. The number of nitrogens with zero attached hydrogens (tertiary/aromatic N) is 1. The van der Waals surface area contributed by atoms with E-state index >= 15 is 0 Å². The highest BCUT2D eigenvalue weighted by Crippen LogP contribution is 2.23. The lowest BCUT2D eigenvalue weighted by Gasteiger charge is -2.15. The molecule has 0 heterocycles. The van der Waals surface area contributed by atoms with Crippen LogP contribution >= 0.6 is 11.6 Å². The molecule has 0 bridgehead atoms. The summed E-state index contributed by atoms with van der Waals surface area (Å²) in [5, 5.41) is 14.1. The number of aryl methyl sites for hydroxylation is 1. The molecule has 1 unspecified atom stereocenters. The topological polar surface area (TPSA) is 98.5 Å². The first-order chi connectivity index (χ1) is 12.2. The maximum atomic E-state index is 12.3. The van der Waals surface area contributed by atoms with Gasteiger partial charge in [-0.15, -0.1) is 0 Å². The summed E-state index contributed by atoms with van der Waals surface area (Å²) in [4.78, 5) is 34.9. The predicted octanol–water partition coefficient (Wildman–Crippen LogP) is 4.05. The zero-order chi connectivity index (χ0) is 19.4. The van der Waals surface area contributed by atoms with E-state index in [4.69, 9.17) is 16.3 Å². The fourth-order valence-electron chi connectivity index (χ4n) is 2.28. The van der Waals surface area contributed by atoms with E-state index in [2.05, 4.69) is 5.32 Å². The highest BCUT2D eigenvalue weighted by Gasteiger charge is 2.23. The fourth-order valence-corrected chi connectivity index (χ4v) is 2.46. The van der Waals surface area contributed by atoms with E-state index in [0.29, 0.717) is 10.7 Å². The van der Waals surface area contributed by atoms with Crippen LogP contribution in [0.5, 0.6) is 0 Å². The molecule has 0 fully saturated rings. The molecule has 0 saturated carbocycles. The largest absolute Gasteiger partial charge is 0.449 e. The van der Waals surface area contributed by atoms with Crippen molar-refractivity contribution in [3.05, 3.63) is 68.2 Å². The number of carbonyl (C=O) groups excluding carboxylic acids is 2. The summed E-state index contributed by atoms with van der Waals surface area (Å²) < 4.78 is 5.15. The number of esters is 1. The monoisotopic (exact) mass is 376 g/mol. The summed E-state index contributed by atoms with van der Waals surface area (Å²) in [6, 6.07) is 9.14. The van der Waals surface area contributed by atoms with Crippen LogP contribution in [0.15, 0.2) is 36.4 Å². The summed E-state index contributed by atoms with van der Waals surface area (Å²) in [7, 11) is 0. The van der Waals surface area contributed by atoms with Crippen LogP contribution in [-0.4, -0.2) is 22.9 Å². The van der Waals surface area contributed by atoms with Crippen molar-refractivity contribution in [3.8, 4) is 0 Å². The lowest BCUT2D eigenvalue weighted by atomic mass is 10.1. The molecule has 0 saturated heterocycles. The number of nitro benzene ring substituents is 1. The second kappa shape index (κ2) is 7.97. The van der Waals surface area contributed by atoms with Crippen LogP contribution in [0.2, 0.25) is 5.02 Å². The van der Waals surface area contributed by atoms with Crippen molar-refractivity contribution in [2.24, 2.45) is 0 Å². The van der Waals surface area contributed by atoms with Crippen LogP contribution in [0.25, 0.3) is 0 Å². The molecule has 0 aliphatic carbocycles. The Kier molecular flexibility index (Phi) is 5.94. The van der Waals surface area contributed by atoms with E-state index in [1.807, 2.05) is 0 Å². The van der Waals surface area contributed by atoms with Crippen molar-refractivity contribution >= 4 is 34.9 Å². The van der Waals surface area contributed by atoms with Gasteiger partial charge in [-0.2, -0.15) is 0 Å². The number of nitrogens with one attached hydrogen (secondary N) is 1. The van der Waals surface area contributed by atoms with E-state index < -0.39 is 22.9 Å². The van der Waals surface area contributed by atoms with E-state index in [9.17, 15) is 19.7 Å². The Balaban J connectivity index is 2.12. The number of amides is 1. The van der Waals surface area contributed by atoms with Crippen molar-refractivity contribution in [2.75, 3.05) is 5.32 Å². The average Bonchev–Trinajstić information content (AvgIpc) is 2.57. The van der Waals surface area contributed by atoms with Gasteiger partial charge in [0.25, 0.3) is 11.6 Å². The summed E-state index contributed by atoms with van der Waals surface area (Å²) in [6.07, 6.45) is -1.10. The van der Waals surface area contributed by atoms with Crippen molar-refractivity contribution in [2.45, 2.75) is 26.9 Å². The van der Waals surface area contributed by atoms with Gasteiger partial charge in [0.15, 0.2) is 6.10 Å². The van der Waals surface area contributed by atoms with Crippen molar-refractivity contribution in [1.82, 2.24) is 0 Å². The lowest BCUT2D eigenvalue weighted by molar-refractivity contribution is -0.385. The first-order valence-corrected chi connectivity index (χ1v) is 8.10. The van der Waals surface area contributed by atoms with Crippen LogP contribution in [0, 0.1) is 24.0 Å².